The Morgan fingerprint density at radius 2 is 1.69 bits per heavy atom. The fraction of sp³-hybridized carbons (Fsp3) is 0.522. The zero-order valence-electron chi connectivity index (χ0n) is 20.1. The van der Waals surface area contributed by atoms with Gasteiger partial charge in [-0.1, -0.05) is 0 Å². The predicted molar refractivity (Wildman–Crippen MR) is 122 cm³/mol. The summed E-state index contributed by atoms with van der Waals surface area (Å²) >= 11 is 0. The van der Waals surface area contributed by atoms with Crippen LogP contribution in [0.4, 0.5) is 25.0 Å². The van der Waals surface area contributed by atoms with E-state index in [0.29, 0.717) is 0 Å². The zero-order chi connectivity index (χ0) is 26.4. The van der Waals surface area contributed by atoms with Gasteiger partial charge in [0, 0.05) is 51.7 Å². The van der Waals surface area contributed by atoms with Crippen LogP contribution in [-0.4, -0.2) is 86.5 Å². The lowest BCUT2D eigenvalue weighted by Crippen LogP contribution is -2.50. The number of ether oxygens (including phenoxy) is 2. The molecular formula is C23H28F2N4O7. The van der Waals surface area contributed by atoms with Crippen LogP contribution in [0.25, 0.3) is 0 Å². The topological polar surface area (TPSA) is 126 Å². The minimum atomic E-state index is -0.873. The number of amides is 3. The summed E-state index contributed by atoms with van der Waals surface area (Å²) in [7, 11) is 0. The normalized spacial score (nSPS) is 17.6. The molecule has 2 heterocycles. The molecule has 0 aliphatic carbocycles. The van der Waals surface area contributed by atoms with Gasteiger partial charge in [0.15, 0.2) is 18.2 Å². The molecule has 3 amide bonds. The number of nitrogens with one attached hydrogen (secondary N) is 1. The Morgan fingerprint density at radius 1 is 1.06 bits per heavy atom. The summed E-state index contributed by atoms with van der Waals surface area (Å²) in [5, 5.41) is 2.53. The number of esters is 1. The van der Waals surface area contributed by atoms with Gasteiger partial charge >= 0.3 is 12.1 Å². The number of Topliss-reactive ketones (excluding diaryl/α,β-unsaturated/α-hetero) is 1. The maximum atomic E-state index is 14.9. The first-order valence-electron chi connectivity index (χ1n) is 11.4. The van der Waals surface area contributed by atoms with E-state index in [1.54, 1.807) is 0 Å². The summed E-state index contributed by atoms with van der Waals surface area (Å²) in [6.45, 7) is 2.91. The van der Waals surface area contributed by atoms with Crippen molar-refractivity contribution >= 4 is 41.0 Å². The van der Waals surface area contributed by atoms with E-state index in [1.807, 2.05) is 0 Å². The van der Waals surface area contributed by atoms with E-state index in [4.69, 9.17) is 9.47 Å². The molecule has 1 atom stereocenters. The Hall–Kier alpha value is -3.77. The number of cyclic esters (lactones) is 1. The van der Waals surface area contributed by atoms with Gasteiger partial charge in [0.05, 0.1) is 25.2 Å². The maximum Gasteiger partial charge on any atom is 0.414 e. The van der Waals surface area contributed by atoms with Crippen LogP contribution in [0.2, 0.25) is 0 Å². The van der Waals surface area contributed by atoms with Gasteiger partial charge in [-0.3, -0.25) is 19.3 Å². The van der Waals surface area contributed by atoms with Crippen LogP contribution in [-0.2, 0) is 28.7 Å². The van der Waals surface area contributed by atoms with E-state index < -0.39 is 42.3 Å². The van der Waals surface area contributed by atoms with E-state index in [1.165, 1.54) is 23.6 Å². The highest BCUT2D eigenvalue weighted by Gasteiger charge is 2.34. The van der Waals surface area contributed by atoms with Crippen LogP contribution < -0.4 is 15.1 Å². The second kappa shape index (κ2) is 11.8. The predicted octanol–water partition coefficient (Wildman–Crippen LogP) is 0.987. The molecule has 2 fully saturated rings. The summed E-state index contributed by atoms with van der Waals surface area (Å²) in [6.07, 6.45) is -1.48. The van der Waals surface area contributed by atoms with Gasteiger partial charge < -0.3 is 29.4 Å². The first-order chi connectivity index (χ1) is 17.0. The Balaban J connectivity index is 1.55. The van der Waals surface area contributed by atoms with Crippen molar-refractivity contribution in [2.75, 3.05) is 55.7 Å². The van der Waals surface area contributed by atoms with Gasteiger partial charge in [-0.2, -0.15) is 0 Å². The third-order valence-corrected chi connectivity index (χ3v) is 5.75. The van der Waals surface area contributed by atoms with Gasteiger partial charge in [-0.15, -0.1) is 0 Å². The molecule has 0 radical (unpaired) electrons. The van der Waals surface area contributed by atoms with E-state index in [-0.39, 0.29) is 75.2 Å². The number of piperazine rings is 1. The van der Waals surface area contributed by atoms with Crippen molar-refractivity contribution in [3.63, 3.8) is 0 Å². The summed E-state index contributed by atoms with van der Waals surface area (Å²) < 4.78 is 39.9. The first kappa shape index (κ1) is 26.8. The van der Waals surface area contributed by atoms with Crippen LogP contribution in [0.5, 0.6) is 0 Å². The lowest BCUT2D eigenvalue weighted by atomic mass is 10.2. The largest absolute Gasteiger partial charge is 0.456 e. The van der Waals surface area contributed by atoms with E-state index in [2.05, 4.69) is 5.32 Å². The molecule has 11 nitrogen and oxygen atoms in total. The number of anilines is 2. The van der Waals surface area contributed by atoms with Crippen molar-refractivity contribution in [1.29, 1.82) is 0 Å². The van der Waals surface area contributed by atoms with Crippen molar-refractivity contribution in [3.8, 4) is 0 Å². The van der Waals surface area contributed by atoms with Crippen molar-refractivity contribution in [3.05, 3.63) is 23.8 Å². The lowest BCUT2D eigenvalue weighted by molar-refractivity contribution is -0.152. The minimum Gasteiger partial charge on any atom is -0.456 e. The standard InChI is InChI=1S/C23H28F2N4O7/c1-14(30)3-4-21(33)35-13-20(32)27-5-7-28(8-6-27)22-18(24)9-16(10-19(22)25)29-12-17(36-23(29)34)11-26-15(2)31/h9-10,17H,3-8,11-13H2,1-2H3,(H,26,31). The Morgan fingerprint density at radius 3 is 2.28 bits per heavy atom. The van der Waals surface area contributed by atoms with Crippen molar-refractivity contribution in [2.45, 2.75) is 32.8 Å². The molecular weight excluding hydrogens is 482 g/mol. The molecule has 1 aromatic rings. The van der Waals surface area contributed by atoms with Gasteiger partial charge in [0.1, 0.15) is 17.6 Å². The number of hydrogen-bond donors (Lipinski definition) is 1. The SMILES string of the molecule is CC(=O)CCC(=O)OCC(=O)N1CCN(c2c(F)cc(N3CC(CNC(C)=O)OC3=O)cc2F)CC1. The molecule has 2 aliphatic rings. The second-order valence-corrected chi connectivity index (χ2v) is 8.54. The van der Waals surface area contributed by atoms with Crippen molar-refractivity contribution in [1.82, 2.24) is 10.2 Å². The zero-order valence-corrected chi connectivity index (χ0v) is 20.1. The van der Waals surface area contributed by atoms with Crippen LogP contribution in [0, 0.1) is 11.6 Å². The highest BCUT2D eigenvalue weighted by molar-refractivity contribution is 5.90. The quantitative estimate of drug-likeness (QED) is 0.488. The second-order valence-electron chi connectivity index (χ2n) is 8.54. The number of carbonyl (C=O) groups is 5. The molecule has 0 saturated carbocycles. The highest BCUT2D eigenvalue weighted by atomic mass is 19.1. The van der Waals surface area contributed by atoms with E-state index in [9.17, 15) is 32.8 Å². The summed E-state index contributed by atoms with van der Waals surface area (Å²) in [5.41, 5.74) is -0.284. The molecule has 1 aromatic carbocycles. The van der Waals surface area contributed by atoms with Gasteiger partial charge in [0.2, 0.25) is 5.91 Å². The molecule has 36 heavy (non-hydrogen) atoms. The number of rotatable bonds is 9. The third kappa shape index (κ3) is 6.89. The van der Waals surface area contributed by atoms with Crippen LogP contribution in [0.15, 0.2) is 12.1 Å². The molecule has 196 valence electrons. The van der Waals surface area contributed by atoms with Crippen LogP contribution in [0.1, 0.15) is 26.7 Å². The highest BCUT2D eigenvalue weighted by Crippen LogP contribution is 2.31. The average molecular weight is 510 g/mol. The minimum absolute atomic E-state index is 0.00974. The smallest absolute Gasteiger partial charge is 0.414 e. The summed E-state index contributed by atoms with van der Waals surface area (Å²) in [5.74, 6) is -3.29. The monoisotopic (exact) mass is 510 g/mol. The fourth-order valence-corrected chi connectivity index (χ4v) is 3.87. The molecule has 3 rings (SSSR count). The summed E-state index contributed by atoms with van der Waals surface area (Å²) in [4.78, 5) is 62.0. The molecule has 2 aliphatic heterocycles. The third-order valence-electron chi connectivity index (χ3n) is 5.75. The van der Waals surface area contributed by atoms with Crippen molar-refractivity contribution < 1.29 is 42.2 Å². The van der Waals surface area contributed by atoms with E-state index in [0.717, 1.165) is 17.0 Å². The summed E-state index contributed by atoms with van der Waals surface area (Å²) in [6, 6.07) is 2.08. The van der Waals surface area contributed by atoms with Crippen molar-refractivity contribution in [2.24, 2.45) is 0 Å². The van der Waals surface area contributed by atoms with Gasteiger partial charge in [0.25, 0.3) is 5.91 Å². The van der Waals surface area contributed by atoms with Gasteiger partial charge in [-0.25, -0.2) is 13.6 Å². The number of halogens is 2. The maximum absolute atomic E-state index is 14.9. The number of ketones is 1. The average Bonchev–Trinajstić information content (AvgIpc) is 3.20. The molecule has 0 spiro atoms. The Kier molecular flexibility index (Phi) is 8.78. The molecule has 0 bridgehead atoms. The Bertz CT molecular complexity index is 1020. The lowest BCUT2D eigenvalue weighted by Gasteiger charge is -2.36. The first-order valence-corrected chi connectivity index (χ1v) is 11.4. The molecule has 0 aromatic heterocycles. The molecule has 13 heteroatoms. The van der Waals surface area contributed by atoms with E-state index >= 15 is 0 Å². The van der Waals surface area contributed by atoms with Crippen LogP contribution >= 0.6 is 0 Å². The fourth-order valence-electron chi connectivity index (χ4n) is 3.87. The molecule has 1 unspecified atom stereocenters. The van der Waals surface area contributed by atoms with Gasteiger partial charge in [-0.05, 0) is 6.92 Å². The number of benzene rings is 1. The number of hydrogen-bond acceptors (Lipinski definition) is 8. The van der Waals surface area contributed by atoms with Crippen LogP contribution in [0.3, 0.4) is 0 Å². The molecule has 2 saturated heterocycles. The molecule has 1 N–H and O–H groups in total. The Labute approximate surface area is 206 Å². The number of carbonyl (C=O) groups excluding carboxylic acids is 5. The number of nitrogens with zero attached hydrogens (tertiary/aromatic N) is 3.